The van der Waals surface area contributed by atoms with E-state index < -0.39 is 9.84 Å². The number of nitrogens with zero attached hydrogens (tertiary/aromatic N) is 2. The maximum absolute atomic E-state index is 13.3. The molecule has 1 N–H and O–H groups in total. The zero-order chi connectivity index (χ0) is 20.9. The normalized spacial score (nSPS) is 23.8. The third-order valence-corrected chi connectivity index (χ3v) is 8.21. The van der Waals surface area contributed by atoms with Crippen LogP contribution in [0.3, 0.4) is 0 Å². The molecule has 1 aromatic carbocycles. The predicted molar refractivity (Wildman–Crippen MR) is 114 cm³/mol. The standard InChI is InChI=1S/C22H25N3O4S/c1-29-17-4-2-3-16(12-17)24-21-20-15-6-5-14(11-15)19(20)18(13-23-21)22(26)25-7-9-30(27,28)10-8-25/h2-4,12-15H,5-11H2,1H3,(H,23,24). The molecule has 158 valence electrons. The van der Waals surface area contributed by atoms with Gasteiger partial charge in [0.25, 0.3) is 5.91 Å². The highest BCUT2D eigenvalue weighted by Crippen LogP contribution is 2.56. The minimum atomic E-state index is -3.03. The van der Waals surface area contributed by atoms with Crippen molar-refractivity contribution in [2.45, 2.75) is 31.1 Å². The molecule has 0 radical (unpaired) electrons. The minimum Gasteiger partial charge on any atom is -0.497 e. The average Bonchev–Trinajstić information content (AvgIpc) is 3.36. The van der Waals surface area contributed by atoms with Crippen LogP contribution in [-0.2, 0) is 9.84 Å². The Bertz CT molecular complexity index is 1100. The van der Waals surface area contributed by atoms with Gasteiger partial charge >= 0.3 is 0 Å². The van der Waals surface area contributed by atoms with Crippen molar-refractivity contribution >= 4 is 27.2 Å². The number of ether oxygens (including phenoxy) is 1. The number of methoxy groups -OCH3 is 1. The van der Waals surface area contributed by atoms with Crippen LogP contribution in [0.2, 0.25) is 0 Å². The summed E-state index contributed by atoms with van der Waals surface area (Å²) >= 11 is 0. The fraction of sp³-hybridized carbons (Fsp3) is 0.455. The lowest BCUT2D eigenvalue weighted by molar-refractivity contribution is 0.0768. The van der Waals surface area contributed by atoms with E-state index in [1.807, 2.05) is 24.3 Å². The summed E-state index contributed by atoms with van der Waals surface area (Å²) in [5.74, 6) is 2.36. The summed E-state index contributed by atoms with van der Waals surface area (Å²) in [6.45, 7) is 0.516. The number of aromatic nitrogens is 1. The maximum atomic E-state index is 13.3. The van der Waals surface area contributed by atoms with Gasteiger partial charge in [0.1, 0.15) is 11.6 Å². The number of rotatable bonds is 4. The van der Waals surface area contributed by atoms with Gasteiger partial charge < -0.3 is 15.0 Å². The Labute approximate surface area is 176 Å². The molecule has 3 aliphatic rings. The van der Waals surface area contributed by atoms with Crippen molar-refractivity contribution in [1.29, 1.82) is 0 Å². The van der Waals surface area contributed by atoms with Gasteiger partial charge in [0.15, 0.2) is 9.84 Å². The van der Waals surface area contributed by atoms with Gasteiger partial charge in [-0.2, -0.15) is 0 Å². The van der Waals surface area contributed by atoms with Crippen molar-refractivity contribution in [3.05, 3.63) is 47.2 Å². The SMILES string of the molecule is COc1cccc(Nc2ncc(C(=O)N3CCS(=O)(=O)CC3)c3c2C2CCC3C2)c1. The van der Waals surface area contributed by atoms with Crippen LogP contribution in [-0.4, -0.2) is 55.9 Å². The predicted octanol–water partition coefficient (Wildman–Crippen LogP) is 3.07. The Hall–Kier alpha value is -2.61. The van der Waals surface area contributed by atoms with Crippen molar-refractivity contribution in [1.82, 2.24) is 9.88 Å². The molecule has 1 saturated carbocycles. The van der Waals surface area contributed by atoms with Gasteiger partial charge in [-0.05, 0) is 48.8 Å². The Balaban J connectivity index is 1.48. The molecule has 1 saturated heterocycles. The van der Waals surface area contributed by atoms with Crippen LogP contribution < -0.4 is 10.1 Å². The molecule has 7 nitrogen and oxygen atoms in total. The fourth-order valence-corrected chi connectivity index (χ4v) is 6.29. The summed E-state index contributed by atoms with van der Waals surface area (Å²) in [5, 5.41) is 3.42. The fourth-order valence-electron chi connectivity index (χ4n) is 5.09. The first-order valence-electron chi connectivity index (χ1n) is 10.4. The highest BCUT2D eigenvalue weighted by atomic mass is 32.2. The van der Waals surface area contributed by atoms with Crippen LogP contribution in [0.4, 0.5) is 11.5 Å². The van der Waals surface area contributed by atoms with Crippen molar-refractivity contribution in [2.24, 2.45) is 0 Å². The topological polar surface area (TPSA) is 88.6 Å². The number of hydrogen-bond donors (Lipinski definition) is 1. The molecule has 8 heteroatoms. The Kier molecular flexibility index (Phi) is 4.69. The molecular weight excluding hydrogens is 402 g/mol. The monoisotopic (exact) mass is 427 g/mol. The number of pyridine rings is 1. The zero-order valence-corrected chi connectivity index (χ0v) is 17.7. The van der Waals surface area contributed by atoms with Crippen LogP contribution in [0.5, 0.6) is 5.75 Å². The number of fused-ring (bicyclic) bond motifs is 5. The van der Waals surface area contributed by atoms with Gasteiger partial charge in [0.2, 0.25) is 0 Å². The molecule has 5 rings (SSSR count). The van der Waals surface area contributed by atoms with Gasteiger partial charge in [0.05, 0.1) is 24.2 Å². The highest BCUT2D eigenvalue weighted by molar-refractivity contribution is 7.91. The van der Waals surface area contributed by atoms with Crippen LogP contribution in [0.15, 0.2) is 30.5 Å². The van der Waals surface area contributed by atoms with Crippen LogP contribution in [0.1, 0.15) is 52.6 Å². The van der Waals surface area contributed by atoms with Gasteiger partial charge in [-0.3, -0.25) is 4.79 Å². The van der Waals surface area contributed by atoms with E-state index in [1.165, 1.54) is 0 Å². The summed E-state index contributed by atoms with van der Waals surface area (Å²) in [6, 6.07) is 7.72. The Morgan fingerprint density at radius 2 is 1.90 bits per heavy atom. The van der Waals surface area contributed by atoms with Crippen molar-refractivity contribution in [3.8, 4) is 5.75 Å². The average molecular weight is 428 g/mol. The van der Waals surface area contributed by atoms with Gasteiger partial charge in [-0.25, -0.2) is 13.4 Å². The van der Waals surface area contributed by atoms with E-state index in [4.69, 9.17) is 4.74 Å². The summed E-state index contributed by atoms with van der Waals surface area (Å²) in [4.78, 5) is 19.6. The van der Waals surface area contributed by atoms with Crippen LogP contribution in [0, 0.1) is 0 Å². The molecule has 0 spiro atoms. The molecule has 2 bridgehead atoms. The summed E-state index contributed by atoms with van der Waals surface area (Å²) in [7, 11) is -1.39. The molecular formula is C22H25N3O4S. The van der Waals surface area contributed by atoms with Crippen LogP contribution in [0.25, 0.3) is 0 Å². The maximum Gasteiger partial charge on any atom is 0.255 e. The van der Waals surface area contributed by atoms with E-state index in [-0.39, 0.29) is 30.5 Å². The zero-order valence-electron chi connectivity index (χ0n) is 16.9. The number of nitrogens with one attached hydrogen (secondary N) is 1. The smallest absolute Gasteiger partial charge is 0.255 e. The van der Waals surface area contributed by atoms with E-state index in [1.54, 1.807) is 18.2 Å². The molecule has 2 fully saturated rings. The number of benzene rings is 1. The largest absolute Gasteiger partial charge is 0.497 e. The molecule has 2 aliphatic carbocycles. The molecule has 1 aliphatic heterocycles. The number of amides is 1. The van der Waals surface area contributed by atoms with Crippen LogP contribution >= 0.6 is 0 Å². The summed E-state index contributed by atoms with van der Waals surface area (Å²) in [5.41, 5.74) is 3.81. The molecule has 2 heterocycles. The van der Waals surface area contributed by atoms with E-state index >= 15 is 0 Å². The highest BCUT2D eigenvalue weighted by Gasteiger charge is 2.42. The number of sulfone groups is 1. The second-order valence-electron chi connectivity index (χ2n) is 8.36. The van der Waals surface area contributed by atoms with E-state index in [2.05, 4.69) is 10.3 Å². The third kappa shape index (κ3) is 3.33. The lowest BCUT2D eigenvalue weighted by Gasteiger charge is -2.29. The Morgan fingerprint density at radius 1 is 1.17 bits per heavy atom. The van der Waals surface area contributed by atoms with Crippen molar-refractivity contribution < 1.29 is 17.9 Å². The van der Waals surface area contributed by atoms with Gasteiger partial charge in [-0.15, -0.1) is 0 Å². The van der Waals surface area contributed by atoms with Crippen molar-refractivity contribution in [2.75, 3.05) is 37.0 Å². The van der Waals surface area contributed by atoms with Gasteiger partial charge in [0, 0.05) is 36.6 Å². The lowest BCUT2D eigenvalue weighted by Crippen LogP contribution is -2.44. The number of hydrogen-bond acceptors (Lipinski definition) is 6. The number of anilines is 2. The second kappa shape index (κ2) is 7.27. The molecule has 2 unspecified atom stereocenters. The third-order valence-electron chi connectivity index (χ3n) is 6.60. The minimum absolute atomic E-state index is 0.0376. The van der Waals surface area contributed by atoms with E-state index in [9.17, 15) is 13.2 Å². The lowest BCUT2D eigenvalue weighted by atomic mass is 9.88. The molecule has 1 amide bonds. The number of carbonyl (C=O) groups excluding carboxylic acids is 1. The second-order valence-corrected chi connectivity index (χ2v) is 10.7. The first-order chi connectivity index (χ1) is 14.4. The molecule has 2 aromatic rings. The Morgan fingerprint density at radius 3 is 2.63 bits per heavy atom. The molecule has 30 heavy (non-hydrogen) atoms. The van der Waals surface area contributed by atoms with E-state index in [0.29, 0.717) is 17.4 Å². The first-order valence-corrected chi connectivity index (χ1v) is 12.2. The quantitative estimate of drug-likeness (QED) is 0.807. The summed E-state index contributed by atoms with van der Waals surface area (Å²) < 4.78 is 28.8. The molecule has 2 atom stereocenters. The summed E-state index contributed by atoms with van der Waals surface area (Å²) in [6.07, 6.45) is 4.94. The first kappa shape index (κ1) is 19.4. The molecule has 1 aromatic heterocycles. The number of carbonyl (C=O) groups is 1. The van der Waals surface area contributed by atoms with E-state index in [0.717, 1.165) is 47.6 Å². The van der Waals surface area contributed by atoms with Gasteiger partial charge in [-0.1, -0.05) is 6.07 Å². The van der Waals surface area contributed by atoms with Crippen molar-refractivity contribution in [3.63, 3.8) is 0 Å².